The van der Waals surface area contributed by atoms with Crippen molar-refractivity contribution in [1.29, 1.82) is 0 Å². The van der Waals surface area contributed by atoms with Crippen LogP contribution in [0.3, 0.4) is 0 Å². The van der Waals surface area contributed by atoms with Crippen molar-refractivity contribution in [2.75, 3.05) is 0 Å². The molecule has 0 atom stereocenters. The number of benzene rings is 1. The molecule has 0 heterocycles. The van der Waals surface area contributed by atoms with Crippen molar-refractivity contribution in [3.8, 4) is 0 Å². The van der Waals surface area contributed by atoms with E-state index in [9.17, 15) is 0 Å². The Morgan fingerprint density at radius 3 is 1.78 bits per heavy atom. The number of hydrogen-bond acceptors (Lipinski definition) is 0. The molecule has 32 heavy (non-hydrogen) atoms. The van der Waals surface area contributed by atoms with Gasteiger partial charge in [-0.1, -0.05) is 42.9 Å². The fourth-order valence-corrected chi connectivity index (χ4v) is 12.6. The number of halogens is 2. The third-order valence-electron chi connectivity index (χ3n) is 7.57. The van der Waals surface area contributed by atoms with Gasteiger partial charge in [0.15, 0.2) is 0 Å². The van der Waals surface area contributed by atoms with E-state index in [0.29, 0.717) is 5.92 Å². The summed E-state index contributed by atoms with van der Waals surface area (Å²) in [6.07, 6.45) is 24.5. The molecule has 2 aromatic carbocycles. The van der Waals surface area contributed by atoms with Gasteiger partial charge >= 0.3 is 104 Å². The van der Waals surface area contributed by atoms with E-state index in [1.54, 1.807) is 51.4 Å². The van der Waals surface area contributed by atoms with Crippen molar-refractivity contribution >= 4 is 16.2 Å². The summed E-state index contributed by atoms with van der Waals surface area (Å²) in [5.74, 6) is 0.478. The van der Waals surface area contributed by atoms with Gasteiger partial charge in [-0.25, -0.2) is 0 Å². The van der Waals surface area contributed by atoms with Crippen molar-refractivity contribution < 1.29 is 48.1 Å². The van der Waals surface area contributed by atoms with Crippen LogP contribution >= 0.6 is 0 Å². The molecule has 0 amide bonds. The molecule has 0 bridgehead atoms. The normalized spacial score (nSPS) is 19.2. The SMILES string of the molecule is Cc1ccc(C)c2[cH-]c(C3C=CC=C3)cc12.[Cl-].[Cl-].[Zr+2]=[Si](C1CCCCC1)C1CCCCC1. The van der Waals surface area contributed by atoms with Gasteiger partial charge < -0.3 is 24.8 Å². The van der Waals surface area contributed by atoms with E-state index in [4.69, 9.17) is 0 Å². The third-order valence-corrected chi connectivity index (χ3v) is 16.5. The Bertz CT molecular complexity index is 859. The Hall–Kier alpha value is -0.01000. The second kappa shape index (κ2) is 13.8. The molecule has 3 aliphatic carbocycles. The van der Waals surface area contributed by atoms with E-state index >= 15 is 0 Å². The van der Waals surface area contributed by atoms with E-state index in [2.05, 4.69) is 62.4 Å². The summed E-state index contributed by atoms with van der Waals surface area (Å²) in [6, 6.07) is 9.09. The average molecular weight is 564 g/mol. The van der Waals surface area contributed by atoms with Crippen LogP contribution in [-0.4, -0.2) is 5.43 Å². The van der Waals surface area contributed by atoms with Crippen molar-refractivity contribution in [2.45, 2.75) is 95.1 Å². The van der Waals surface area contributed by atoms with Crippen LogP contribution in [0.1, 0.15) is 86.8 Å². The van der Waals surface area contributed by atoms with Crippen LogP contribution in [0.4, 0.5) is 0 Å². The summed E-state index contributed by atoms with van der Waals surface area (Å²) < 4.78 is 0. The summed E-state index contributed by atoms with van der Waals surface area (Å²) in [6.45, 7) is 4.37. The van der Waals surface area contributed by atoms with E-state index in [1.165, 1.54) is 51.4 Å². The van der Waals surface area contributed by atoms with Gasteiger partial charge in [0, 0.05) is 5.92 Å². The molecule has 0 unspecified atom stereocenters. The van der Waals surface area contributed by atoms with Gasteiger partial charge in [0.2, 0.25) is 0 Å². The number of fused-ring (bicyclic) bond motifs is 1. The van der Waals surface area contributed by atoms with E-state index in [0.717, 1.165) is 0 Å². The van der Waals surface area contributed by atoms with Gasteiger partial charge in [-0.05, 0) is 6.92 Å². The van der Waals surface area contributed by atoms with Crippen molar-refractivity contribution in [3.05, 3.63) is 65.3 Å². The molecule has 4 heteroatoms. The number of allylic oxidation sites excluding steroid dienone is 4. The van der Waals surface area contributed by atoms with E-state index in [1.807, 2.05) is 23.3 Å². The van der Waals surface area contributed by atoms with Crippen LogP contribution < -0.4 is 24.8 Å². The zero-order valence-electron chi connectivity index (χ0n) is 19.7. The minimum atomic E-state index is 0. The molecule has 0 spiro atoms. The van der Waals surface area contributed by atoms with Gasteiger partial charge in [0.1, 0.15) is 0 Å². The van der Waals surface area contributed by atoms with Crippen LogP contribution in [0.25, 0.3) is 10.8 Å². The molecular weight excluding hydrogens is 527 g/mol. The molecule has 0 aromatic heterocycles. The summed E-state index contributed by atoms with van der Waals surface area (Å²) in [7, 11) is 0. The van der Waals surface area contributed by atoms with Crippen molar-refractivity contribution in [1.82, 2.24) is 0 Å². The number of hydrogen-bond donors (Lipinski definition) is 0. The van der Waals surface area contributed by atoms with Gasteiger partial charge in [0.05, 0.1) is 0 Å². The second-order valence-electron chi connectivity index (χ2n) is 9.74. The van der Waals surface area contributed by atoms with Gasteiger partial charge in [-0.2, -0.15) is 6.07 Å². The summed E-state index contributed by atoms with van der Waals surface area (Å²) in [4.78, 5) is 0. The van der Waals surface area contributed by atoms with Crippen LogP contribution in [0.5, 0.6) is 0 Å². The zero-order chi connectivity index (χ0) is 20.9. The molecule has 0 nitrogen and oxygen atoms in total. The fourth-order valence-electron chi connectivity index (χ4n) is 5.62. The first-order valence-corrected chi connectivity index (χ1v) is 17.6. The summed E-state index contributed by atoms with van der Waals surface area (Å²) in [5.41, 5.74) is 6.72. The molecule has 5 rings (SSSR count). The Labute approximate surface area is 223 Å². The molecule has 3 aliphatic rings. The number of rotatable bonds is 3. The first-order valence-electron chi connectivity index (χ1n) is 12.2. The average Bonchev–Trinajstić information content (AvgIpc) is 3.48. The van der Waals surface area contributed by atoms with Crippen molar-refractivity contribution in [2.24, 2.45) is 0 Å². The maximum atomic E-state index is 2.34. The monoisotopic (exact) mass is 561 g/mol. The summed E-state index contributed by atoms with van der Waals surface area (Å²) in [5, 5.41) is 2.81. The van der Waals surface area contributed by atoms with Gasteiger partial charge in [-0.15, -0.1) is 34.0 Å². The van der Waals surface area contributed by atoms with E-state index < -0.39 is 0 Å². The molecule has 2 saturated carbocycles. The van der Waals surface area contributed by atoms with Crippen LogP contribution in [0.15, 0.2) is 48.6 Å². The Morgan fingerprint density at radius 1 is 0.781 bits per heavy atom. The molecule has 0 saturated heterocycles. The quantitative estimate of drug-likeness (QED) is 0.398. The zero-order valence-corrected chi connectivity index (χ0v) is 24.6. The molecule has 2 fully saturated rings. The second-order valence-corrected chi connectivity index (χ2v) is 16.5. The Balaban J connectivity index is 0.000000215. The minimum absolute atomic E-state index is 0. The number of aryl methyl sites for hydroxylation is 2. The first kappa shape index (κ1) is 28.2. The topological polar surface area (TPSA) is 0 Å². The summed E-state index contributed by atoms with van der Waals surface area (Å²) >= 11 is 1.95. The van der Waals surface area contributed by atoms with Crippen molar-refractivity contribution in [3.63, 3.8) is 0 Å². The first-order chi connectivity index (χ1) is 14.6. The predicted molar refractivity (Wildman–Crippen MR) is 129 cm³/mol. The maximum absolute atomic E-state index is 2.34. The van der Waals surface area contributed by atoms with Crippen LogP contribution in [0, 0.1) is 13.8 Å². The van der Waals surface area contributed by atoms with Gasteiger partial charge in [0.25, 0.3) is 0 Å². The predicted octanol–water partition coefficient (Wildman–Crippen LogP) is 2.59. The molecular formula is C28H37Cl2SiZr-. The van der Waals surface area contributed by atoms with Crippen LogP contribution in [0.2, 0.25) is 11.1 Å². The fraction of sp³-hybridized carbons (Fsp3) is 0.536. The molecule has 172 valence electrons. The standard InChI is InChI=1S/C16H15.C12H22Si.2ClH.Zr/c1-11-7-8-12(2)16-10-14(9-15(11)16)13-5-3-4-6-13;1-3-7-11(8-4-1)13-12-9-5-2-6-10-12;;;/h3-10,13H,1-2H3;11-12H,1-10H2;2*1H;/q-1;;;;+2/p-2. The Kier molecular flexibility index (Phi) is 12.1. The molecule has 0 aliphatic heterocycles. The Morgan fingerprint density at radius 2 is 1.28 bits per heavy atom. The third kappa shape index (κ3) is 7.00. The molecule has 2 aromatic rings. The van der Waals surface area contributed by atoms with E-state index in [-0.39, 0.29) is 30.2 Å². The molecule has 0 radical (unpaired) electrons. The molecule has 0 N–H and O–H groups in total. The van der Waals surface area contributed by atoms with Crippen LogP contribution in [-0.2, 0) is 23.3 Å². The van der Waals surface area contributed by atoms with Gasteiger partial charge in [-0.3, -0.25) is 0 Å².